The Hall–Kier alpha value is -1.79. The van der Waals surface area contributed by atoms with E-state index in [0.29, 0.717) is 12.1 Å². The lowest BCUT2D eigenvalue weighted by molar-refractivity contribution is 0.0692. The summed E-state index contributed by atoms with van der Waals surface area (Å²) in [6, 6.07) is 4.21. The molecule has 1 unspecified atom stereocenters. The standard InChI is InChI=1S/C14H15FN2O2S/c1-8-6-17-13(20-8)9(2)16-7-10-3-4-11(14(18)19)12(15)5-10/h3-6,9,16H,7H2,1-2H3,(H,18,19). The first kappa shape index (κ1) is 14.6. The summed E-state index contributed by atoms with van der Waals surface area (Å²) in [7, 11) is 0. The molecule has 2 N–H and O–H groups in total. The van der Waals surface area contributed by atoms with Crippen molar-refractivity contribution in [2.45, 2.75) is 26.4 Å². The molecule has 2 rings (SSSR count). The molecule has 0 aliphatic carbocycles. The van der Waals surface area contributed by atoms with E-state index in [4.69, 9.17) is 5.11 Å². The fourth-order valence-electron chi connectivity index (χ4n) is 1.77. The summed E-state index contributed by atoms with van der Waals surface area (Å²) >= 11 is 1.62. The molecule has 0 saturated carbocycles. The summed E-state index contributed by atoms with van der Waals surface area (Å²) in [4.78, 5) is 16.2. The van der Waals surface area contributed by atoms with Crippen LogP contribution >= 0.6 is 11.3 Å². The Kier molecular flexibility index (Phi) is 4.46. The van der Waals surface area contributed by atoms with Gasteiger partial charge in [0.15, 0.2) is 0 Å². The molecular formula is C14H15FN2O2S. The molecule has 0 saturated heterocycles. The van der Waals surface area contributed by atoms with Crippen molar-refractivity contribution in [3.8, 4) is 0 Å². The average Bonchev–Trinajstić information content (AvgIpc) is 2.82. The summed E-state index contributed by atoms with van der Waals surface area (Å²) in [6.07, 6.45) is 1.82. The maximum Gasteiger partial charge on any atom is 0.338 e. The molecular weight excluding hydrogens is 279 g/mol. The third-order valence-corrected chi connectivity index (χ3v) is 3.98. The molecule has 1 atom stereocenters. The number of nitrogens with one attached hydrogen (secondary N) is 1. The highest BCUT2D eigenvalue weighted by Gasteiger charge is 2.12. The number of nitrogens with zero attached hydrogens (tertiary/aromatic N) is 1. The second kappa shape index (κ2) is 6.11. The number of aromatic nitrogens is 1. The minimum absolute atomic E-state index is 0.0657. The summed E-state index contributed by atoms with van der Waals surface area (Å²) in [5, 5.41) is 13.0. The van der Waals surface area contributed by atoms with E-state index in [-0.39, 0.29) is 11.6 Å². The van der Waals surface area contributed by atoms with Gasteiger partial charge in [0.2, 0.25) is 0 Å². The van der Waals surface area contributed by atoms with E-state index in [2.05, 4.69) is 10.3 Å². The van der Waals surface area contributed by atoms with Crippen molar-refractivity contribution in [3.63, 3.8) is 0 Å². The number of aryl methyl sites for hydroxylation is 1. The van der Waals surface area contributed by atoms with Gasteiger partial charge in [0.1, 0.15) is 10.8 Å². The number of carbonyl (C=O) groups is 1. The van der Waals surface area contributed by atoms with Gasteiger partial charge in [-0.05, 0) is 31.5 Å². The van der Waals surface area contributed by atoms with Crippen LogP contribution in [-0.4, -0.2) is 16.1 Å². The van der Waals surface area contributed by atoms with E-state index < -0.39 is 11.8 Å². The van der Waals surface area contributed by atoms with Gasteiger partial charge in [-0.1, -0.05) is 6.07 Å². The zero-order valence-corrected chi connectivity index (χ0v) is 12.0. The molecule has 0 radical (unpaired) electrons. The van der Waals surface area contributed by atoms with Gasteiger partial charge in [0, 0.05) is 17.6 Å². The largest absolute Gasteiger partial charge is 0.478 e. The first-order valence-electron chi connectivity index (χ1n) is 6.15. The highest BCUT2D eigenvalue weighted by atomic mass is 32.1. The van der Waals surface area contributed by atoms with E-state index in [1.165, 1.54) is 12.1 Å². The lowest BCUT2D eigenvalue weighted by Gasteiger charge is -2.11. The molecule has 1 aromatic carbocycles. The van der Waals surface area contributed by atoms with Crippen LogP contribution in [0.3, 0.4) is 0 Å². The van der Waals surface area contributed by atoms with Crippen molar-refractivity contribution in [3.05, 3.63) is 51.2 Å². The Labute approximate surface area is 120 Å². The topological polar surface area (TPSA) is 62.2 Å². The normalized spacial score (nSPS) is 12.3. The van der Waals surface area contributed by atoms with Gasteiger partial charge in [0.25, 0.3) is 0 Å². The maximum absolute atomic E-state index is 13.5. The van der Waals surface area contributed by atoms with E-state index in [0.717, 1.165) is 9.88 Å². The predicted molar refractivity (Wildman–Crippen MR) is 75.5 cm³/mol. The third-order valence-electron chi connectivity index (χ3n) is 2.89. The summed E-state index contributed by atoms with van der Waals surface area (Å²) in [5.41, 5.74) is 0.393. The monoisotopic (exact) mass is 294 g/mol. The second-order valence-corrected chi connectivity index (χ2v) is 5.80. The second-order valence-electron chi connectivity index (χ2n) is 4.53. The zero-order chi connectivity index (χ0) is 14.7. The zero-order valence-electron chi connectivity index (χ0n) is 11.2. The molecule has 0 aliphatic heterocycles. The smallest absolute Gasteiger partial charge is 0.338 e. The van der Waals surface area contributed by atoms with Gasteiger partial charge >= 0.3 is 5.97 Å². The highest BCUT2D eigenvalue weighted by molar-refractivity contribution is 7.11. The van der Waals surface area contributed by atoms with Crippen LogP contribution in [-0.2, 0) is 6.54 Å². The van der Waals surface area contributed by atoms with Crippen LogP contribution in [0.1, 0.15) is 38.8 Å². The number of aromatic carboxylic acids is 1. The molecule has 6 heteroatoms. The van der Waals surface area contributed by atoms with Crippen molar-refractivity contribution in [1.82, 2.24) is 10.3 Å². The Morgan fingerprint density at radius 1 is 1.55 bits per heavy atom. The number of carboxylic acid groups (broad SMARTS) is 1. The summed E-state index contributed by atoms with van der Waals surface area (Å²) in [6.45, 7) is 4.44. The number of hydrogen-bond acceptors (Lipinski definition) is 4. The van der Waals surface area contributed by atoms with Crippen molar-refractivity contribution in [1.29, 1.82) is 0 Å². The first-order chi connectivity index (χ1) is 9.47. The predicted octanol–water partition coefficient (Wildman–Crippen LogP) is 3.14. The van der Waals surface area contributed by atoms with Gasteiger partial charge in [-0.3, -0.25) is 0 Å². The van der Waals surface area contributed by atoms with Crippen LogP contribution in [0, 0.1) is 12.7 Å². The molecule has 1 aromatic heterocycles. The minimum Gasteiger partial charge on any atom is -0.478 e. The molecule has 2 aromatic rings. The fourth-order valence-corrected chi connectivity index (χ4v) is 2.57. The van der Waals surface area contributed by atoms with Gasteiger partial charge in [-0.15, -0.1) is 11.3 Å². The van der Waals surface area contributed by atoms with Crippen LogP contribution in [0.2, 0.25) is 0 Å². The Morgan fingerprint density at radius 3 is 2.85 bits per heavy atom. The molecule has 0 fully saturated rings. The van der Waals surface area contributed by atoms with Gasteiger partial charge in [-0.2, -0.15) is 0 Å². The molecule has 0 spiro atoms. The van der Waals surface area contributed by atoms with Crippen molar-refractivity contribution in [2.75, 3.05) is 0 Å². The lowest BCUT2D eigenvalue weighted by atomic mass is 10.1. The van der Waals surface area contributed by atoms with Gasteiger partial charge in [0.05, 0.1) is 11.6 Å². The molecule has 4 nitrogen and oxygen atoms in total. The number of hydrogen-bond donors (Lipinski definition) is 2. The van der Waals surface area contributed by atoms with Gasteiger partial charge < -0.3 is 10.4 Å². The molecule has 20 heavy (non-hydrogen) atoms. The highest BCUT2D eigenvalue weighted by Crippen LogP contribution is 2.19. The molecule has 106 valence electrons. The van der Waals surface area contributed by atoms with Crippen molar-refractivity contribution >= 4 is 17.3 Å². The van der Waals surface area contributed by atoms with E-state index in [1.807, 2.05) is 20.0 Å². The molecule has 1 heterocycles. The first-order valence-corrected chi connectivity index (χ1v) is 6.96. The van der Waals surface area contributed by atoms with Gasteiger partial charge in [-0.25, -0.2) is 14.2 Å². The number of thiazole rings is 1. The number of halogens is 1. The van der Waals surface area contributed by atoms with Crippen molar-refractivity contribution in [2.24, 2.45) is 0 Å². The number of rotatable bonds is 5. The Bertz CT molecular complexity index is 627. The van der Waals surface area contributed by atoms with Crippen LogP contribution in [0.15, 0.2) is 24.4 Å². The third kappa shape index (κ3) is 3.40. The number of benzene rings is 1. The summed E-state index contributed by atoms with van der Waals surface area (Å²) in [5.74, 6) is -1.97. The maximum atomic E-state index is 13.5. The van der Waals surface area contributed by atoms with Crippen LogP contribution in [0.4, 0.5) is 4.39 Å². The Morgan fingerprint density at radius 2 is 2.30 bits per heavy atom. The van der Waals surface area contributed by atoms with Crippen molar-refractivity contribution < 1.29 is 14.3 Å². The quantitative estimate of drug-likeness (QED) is 0.889. The molecule has 0 aliphatic rings. The van der Waals surface area contributed by atoms with E-state index in [9.17, 15) is 9.18 Å². The number of carboxylic acids is 1. The average molecular weight is 294 g/mol. The Balaban J connectivity index is 2.00. The van der Waals surface area contributed by atoms with E-state index in [1.54, 1.807) is 17.4 Å². The molecule has 0 bridgehead atoms. The van der Waals surface area contributed by atoms with E-state index >= 15 is 0 Å². The molecule has 0 amide bonds. The minimum atomic E-state index is -1.26. The van der Waals surface area contributed by atoms with Crippen LogP contribution < -0.4 is 5.32 Å². The van der Waals surface area contributed by atoms with Crippen LogP contribution in [0.5, 0.6) is 0 Å². The SMILES string of the molecule is Cc1cnc(C(C)NCc2ccc(C(=O)O)c(F)c2)s1. The van der Waals surface area contributed by atoms with Crippen LogP contribution in [0.25, 0.3) is 0 Å². The summed E-state index contributed by atoms with van der Waals surface area (Å²) < 4.78 is 13.5. The lowest BCUT2D eigenvalue weighted by Crippen LogP contribution is -2.18. The fraction of sp³-hybridized carbons (Fsp3) is 0.286.